The molecule has 2 rings (SSSR count). The van der Waals surface area contributed by atoms with Crippen LogP contribution in [0.1, 0.15) is 46.5 Å². The predicted molar refractivity (Wildman–Crippen MR) is 54.7 cm³/mol. The fourth-order valence-corrected chi connectivity index (χ4v) is 2.30. The van der Waals surface area contributed by atoms with E-state index in [1.165, 1.54) is 25.7 Å². The van der Waals surface area contributed by atoms with E-state index in [1.807, 2.05) is 0 Å². The maximum absolute atomic E-state index is 5.87. The van der Waals surface area contributed by atoms with Crippen LogP contribution in [0.4, 0.5) is 0 Å². The van der Waals surface area contributed by atoms with E-state index in [-0.39, 0.29) is 0 Å². The minimum Gasteiger partial charge on any atom is -0.371 e. The summed E-state index contributed by atoms with van der Waals surface area (Å²) in [6.45, 7) is 6.92. The molecule has 2 heterocycles. The molecule has 1 nitrogen and oxygen atoms in total. The van der Waals surface area contributed by atoms with Gasteiger partial charge in [0.1, 0.15) is 0 Å². The highest BCUT2D eigenvalue weighted by atomic mass is 16.5. The van der Waals surface area contributed by atoms with E-state index in [0.717, 1.165) is 0 Å². The van der Waals surface area contributed by atoms with Gasteiger partial charge in [0, 0.05) is 0 Å². The van der Waals surface area contributed by atoms with Gasteiger partial charge >= 0.3 is 0 Å². The summed E-state index contributed by atoms with van der Waals surface area (Å²) in [6.07, 6.45) is 8.35. The van der Waals surface area contributed by atoms with Crippen molar-refractivity contribution in [3.05, 3.63) is 11.6 Å². The SMILES string of the molecule is CC(C)(C)C1=C[C@@H]2CCC[C@H](C1)O2. The summed E-state index contributed by atoms with van der Waals surface area (Å²) in [5.41, 5.74) is 1.95. The summed E-state index contributed by atoms with van der Waals surface area (Å²) in [6, 6.07) is 0. The monoisotopic (exact) mass is 180 g/mol. The lowest BCUT2D eigenvalue weighted by Gasteiger charge is -2.38. The Hall–Kier alpha value is -0.300. The molecule has 0 unspecified atom stereocenters. The number of hydrogen-bond donors (Lipinski definition) is 0. The van der Waals surface area contributed by atoms with Crippen molar-refractivity contribution in [1.82, 2.24) is 0 Å². The largest absolute Gasteiger partial charge is 0.371 e. The standard InChI is InChI=1S/C12H20O/c1-12(2,3)9-7-10-5-4-6-11(8-9)13-10/h7,10-11H,4-6,8H2,1-3H3/t10-,11+/m0/s1. The molecule has 0 aromatic heterocycles. The Kier molecular flexibility index (Phi) is 2.23. The van der Waals surface area contributed by atoms with Crippen LogP contribution in [-0.4, -0.2) is 12.2 Å². The second-order valence-electron chi connectivity index (χ2n) is 5.37. The average Bonchev–Trinajstić information content (AvgIpc) is 2.01. The number of fused-ring (bicyclic) bond motifs is 2. The van der Waals surface area contributed by atoms with Crippen LogP contribution in [-0.2, 0) is 4.74 Å². The molecule has 0 radical (unpaired) electrons. The van der Waals surface area contributed by atoms with Crippen molar-refractivity contribution in [2.75, 3.05) is 0 Å². The first kappa shape index (κ1) is 9.26. The summed E-state index contributed by atoms with van der Waals surface area (Å²) in [7, 11) is 0. The molecule has 1 fully saturated rings. The van der Waals surface area contributed by atoms with Gasteiger partial charge in [0.2, 0.25) is 0 Å². The van der Waals surface area contributed by atoms with Crippen molar-refractivity contribution in [3.63, 3.8) is 0 Å². The third-order valence-electron chi connectivity index (χ3n) is 3.18. The molecule has 0 aromatic carbocycles. The summed E-state index contributed by atoms with van der Waals surface area (Å²) < 4.78 is 5.87. The van der Waals surface area contributed by atoms with Gasteiger partial charge in [0.05, 0.1) is 12.2 Å². The molecule has 0 N–H and O–H groups in total. The molecule has 2 atom stereocenters. The van der Waals surface area contributed by atoms with Crippen LogP contribution in [0.3, 0.4) is 0 Å². The first-order valence-electron chi connectivity index (χ1n) is 5.42. The van der Waals surface area contributed by atoms with Gasteiger partial charge in [0.25, 0.3) is 0 Å². The average molecular weight is 180 g/mol. The second kappa shape index (κ2) is 3.13. The van der Waals surface area contributed by atoms with Crippen molar-refractivity contribution >= 4 is 0 Å². The lowest BCUT2D eigenvalue weighted by Crippen LogP contribution is -2.33. The Bertz CT molecular complexity index is 222. The maximum Gasteiger partial charge on any atom is 0.0762 e. The molecule has 13 heavy (non-hydrogen) atoms. The lowest BCUT2D eigenvalue weighted by molar-refractivity contribution is -0.0373. The second-order valence-corrected chi connectivity index (χ2v) is 5.37. The molecular weight excluding hydrogens is 160 g/mol. The van der Waals surface area contributed by atoms with E-state index >= 15 is 0 Å². The number of ether oxygens (including phenoxy) is 1. The van der Waals surface area contributed by atoms with E-state index in [2.05, 4.69) is 26.8 Å². The Labute approximate surface area is 81.2 Å². The van der Waals surface area contributed by atoms with E-state index < -0.39 is 0 Å². The fourth-order valence-electron chi connectivity index (χ4n) is 2.30. The Balaban J connectivity index is 2.17. The van der Waals surface area contributed by atoms with Crippen LogP contribution >= 0.6 is 0 Å². The van der Waals surface area contributed by atoms with E-state index in [1.54, 1.807) is 5.57 Å². The van der Waals surface area contributed by atoms with Crippen molar-refractivity contribution in [3.8, 4) is 0 Å². The molecule has 0 amide bonds. The molecule has 2 aliphatic rings. The zero-order valence-corrected chi connectivity index (χ0v) is 8.97. The molecule has 0 aromatic rings. The first-order valence-corrected chi connectivity index (χ1v) is 5.42. The number of rotatable bonds is 0. The highest BCUT2D eigenvalue weighted by Gasteiger charge is 2.30. The van der Waals surface area contributed by atoms with Crippen LogP contribution in [0.5, 0.6) is 0 Å². The zero-order valence-electron chi connectivity index (χ0n) is 8.97. The highest BCUT2D eigenvalue weighted by Crippen LogP contribution is 2.37. The van der Waals surface area contributed by atoms with Gasteiger partial charge in [-0.25, -0.2) is 0 Å². The predicted octanol–water partition coefficient (Wildman–Crippen LogP) is 3.30. The third kappa shape index (κ3) is 1.96. The van der Waals surface area contributed by atoms with Gasteiger partial charge in [-0.05, 0) is 31.1 Å². The molecule has 2 aliphatic heterocycles. The number of hydrogen-bond acceptors (Lipinski definition) is 1. The minimum absolute atomic E-state index is 0.345. The Morgan fingerprint density at radius 2 is 2.08 bits per heavy atom. The minimum atomic E-state index is 0.345. The molecule has 0 aliphatic carbocycles. The molecule has 74 valence electrons. The summed E-state index contributed by atoms with van der Waals surface area (Å²) in [5.74, 6) is 0. The van der Waals surface area contributed by atoms with Crippen molar-refractivity contribution in [2.24, 2.45) is 5.41 Å². The molecule has 0 saturated carbocycles. The van der Waals surface area contributed by atoms with Crippen LogP contribution < -0.4 is 0 Å². The van der Waals surface area contributed by atoms with Gasteiger partial charge in [-0.15, -0.1) is 0 Å². The Morgan fingerprint density at radius 3 is 2.69 bits per heavy atom. The van der Waals surface area contributed by atoms with Crippen LogP contribution in [0.2, 0.25) is 0 Å². The molecule has 0 spiro atoms. The summed E-state index contributed by atoms with van der Waals surface area (Å²) >= 11 is 0. The molecule has 1 heteroatoms. The van der Waals surface area contributed by atoms with Crippen molar-refractivity contribution < 1.29 is 4.74 Å². The van der Waals surface area contributed by atoms with E-state index in [9.17, 15) is 0 Å². The third-order valence-corrected chi connectivity index (χ3v) is 3.18. The topological polar surface area (TPSA) is 9.23 Å². The van der Waals surface area contributed by atoms with Gasteiger partial charge in [0.15, 0.2) is 0 Å². The lowest BCUT2D eigenvalue weighted by atomic mass is 9.78. The van der Waals surface area contributed by atoms with Gasteiger partial charge < -0.3 is 4.74 Å². The van der Waals surface area contributed by atoms with Crippen LogP contribution in [0, 0.1) is 5.41 Å². The highest BCUT2D eigenvalue weighted by molar-refractivity contribution is 5.17. The fraction of sp³-hybridized carbons (Fsp3) is 0.833. The van der Waals surface area contributed by atoms with E-state index in [0.29, 0.717) is 17.6 Å². The Morgan fingerprint density at radius 1 is 1.31 bits per heavy atom. The zero-order chi connectivity index (χ0) is 9.47. The smallest absolute Gasteiger partial charge is 0.0762 e. The molecular formula is C12H20O. The van der Waals surface area contributed by atoms with Crippen LogP contribution in [0.25, 0.3) is 0 Å². The summed E-state index contributed by atoms with van der Waals surface area (Å²) in [5, 5.41) is 0. The van der Waals surface area contributed by atoms with Gasteiger partial charge in [-0.3, -0.25) is 0 Å². The maximum atomic E-state index is 5.87. The first-order chi connectivity index (χ1) is 6.05. The van der Waals surface area contributed by atoms with Gasteiger partial charge in [-0.1, -0.05) is 32.4 Å². The van der Waals surface area contributed by atoms with Crippen LogP contribution in [0.15, 0.2) is 11.6 Å². The van der Waals surface area contributed by atoms with E-state index in [4.69, 9.17) is 4.74 Å². The quantitative estimate of drug-likeness (QED) is 0.520. The summed E-state index contributed by atoms with van der Waals surface area (Å²) in [4.78, 5) is 0. The molecule has 2 bridgehead atoms. The molecule has 1 saturated heterocycles. The van der Waals surface area contributed by atoms with Crippen molar-refractivity contribution in [2.45, 2.75) is 58.7 Å². The van der Waals surface area contributed by atoms with Gasteiger partial charge in [-0.2, -0.15) is 0 Å². The van der Waals surface area contributed by atoms with Crippen molar-refractivity contribution in [1.29, 1.82) is 0 Å². The normalized spacial score (nSPS) is 34.2.